The van der Waals surface area contributed by atoms with Crippen LogP contribution in [0.2, 0.25) is 0 Å². The molecule has 1 rings (SSSR count). The fraction of sp³-hybridized carbons (Fsp3) is 0.429. The molecule has 0 radical (unpaired) electrons. The predicted octanol–water partition coefficient (Wildman–Crippen LogP) is 1.69. The second kappa shape index (κ2) is 8.28. The third kappa shape index (κ3) is 6.03. The van der Waals surface area contributed by atoms with E-state index in [1.165, 1.54) is 0 Å². The van der Waals surface area contributed by atoms with Gasteiger partial charge in [-0.05, 0) is 18.9 Å². The molecule has 0 bridgehead atoms. The zero-order valence-corrected chi connectivity index (χ0v) is 10.6. The largest absolute Gasteiger partial charge is 0.466 e. The summed E-state index contributed by atoms with van der Waals surface area (Å²) in [5, 5.41) is 2.78. The van der Waals surface area contributed by atoms with Crippen LogP contribution in [0.1, 0.15) is 25.3 Å². The Morgan fingerprint density at radius 2 is 1.94 bits per heavy atom. The van der Waals surface area contributed by atoms with E-state index < -0.39 is 0 Å². The molecule has 18 heavy (non-hydrogen) atoms. The fourth-order valence-corrected chi connectivity index (χ4v) is 1.54. The van der Waals surface area contributed by atoms with Gasteiger partial charge in [0.1, 0.15) is 0 Å². The van der Waals surface area contributed by atoms with Crippen LogP contribution in [-0.4, -0.2) is 25.0 Å². The number of esters is 1. The average molecular weight is 249 g/mol. The number of carbonyl (C=O) groups is 2. The molecule has 1 N–H and O–H groups in total. The molecule has 0 atom stereocenters. The number of benzene rings is 1. The number of amides is 1. The van der Waals surface area contributed by atoms with E-state index in [9.17, 15) is 9.59 Å². The van der Waals surface area contributed by atoms with Gasteiger partial charge < -0.3 is 10.1 Å². The van der Waals surface area contributed by atoms with E-state index in [0.29, 0.717) is 32.4 Å². The molecule has 0 aliphatic heterocycles. The van der Waals surface area contributed by atoms with Gasteiger partial charge in [0.15, 0.2) is 0 Å². The van der Waals surface area contributed by atoms with E-state index >= 15 is 0 Å². The minimum atomic E-state index is -0.213. The normalized spacial score (nSPS) is 9.83. The Morgan fingerprint density at radius 1 is 1.22 bits per heavy atom. The Labute approximate surface area is 107 Å². The molecule has 1 aromatic rings. The van der Waals surface area contributed by atoms with Crippen molar-refractivity contribution in [2.75, 3.05) is 13.2 Å². The highest BCUT2D eigenvalue weighted by Gasteiger charge is 2.04. The zero-order chi connectivity index (χ0) is 13.2. The van der Waals surface area contributed by atoms with Crippen LogP contribution in [0.4, 0.5) is 0 Å². The average Bonchev–Trinajstić information content (AvgIpc) is 2.36. The van der Waals surface area contributed by atoms with E-state index in [2.05, 4.69) is 5.32 Å². The van der Waals surface area contributed by atoms with Crippen molar-refractivity contribution in [3.8, 4) is 0 Å². The summed E-state index contributed by atoms with van der Waals surface area (Å²) in [6, 6.07) is 9.56. The van der Waals surface area contributed by atoms with Gasteiger partial charge in [-0.2, -0.15) is 0 Å². The molecule has 1 aromatic carbocycles. The van der Waals surface area contributed by atoms with Crippen molar-refractivity contribution in [2.45, 2.75) is 26.2 Å². The van der Waals surface area contributed by atoms with Gasteiger partial charge in [0, 0.05) is 13.0 Å². The summed E-state index contributed by atoms with van der Waals surface area (Å²) in [6.45, 7) is 2.68. The molecular formula is C14H19NO3. The van der Waals surface area contributed by atoms with Gasteiger partial charge in [-0.25, -0.2) is 0 Å². The topological polar surface area (TPSA) is 55.4 Å². The minimum Gasteiger partial charge on any atom is -0.466 e. The Kier molecular flexibility index (Phi) is 6.54. The maximum absolute atomic E-state index is 11.6. The standard InChI is InChI=1S/C14H19NO3/c1-2-18-14(17)9-6-10-15-13(16)11-12-7-4-3-5-8-12/h3-5,7-8H,2,6,9-11H2,1H3,(H,15,16). The van der Waals surface area contributed by atoms with Gasteiger partial charge in [0.25, 0.3) is 0 Å². The molecule has 4 nitrogen and oxygen atoms in total. The second-order valence-electron chi connectivity index (χ2n) is 3.92. The number of hydrogen-bond donors (Lipinski definition) is 1. The third-order valence-electron chi connectivity index (χ3n) is 2.39. The van der Waals surface area contributed by atoms with Crippen LogP contribution in [0, 0.1) is 0 Å². The lowest BCUT2D eigenvalue weighted by atomic mass is 10.1. The van der Waals surface area contributed by atoms with Crippen molar-refractivity contribution >= 4 is 11.9 Å². The van der Waals surface area contributed by atoms with Crippen LogP contribution >= 0.6 is 0 Å². The Hall–Kier alpha value is -1.84. The first-order chi connectivity index (χ1) is 8.72. The molecule has 1 amide bonds. The van der Waals surface area contributed by atoms with Crippen LogP contribution in [0.5, 0.6) is 0 Å². The molecule has 0 aromatic heterocycles. The monoisotopic (exact) mass is 249 g/mol. The van der Waals surface area contributed by atoms with Crippen molar-refractivity contribution in [3.63, 3.8) is 0 Å². The molecule has 0 fully saturated rings. The van der Waals surface area contributed by atoms with Gasteiger partial charge in [0.2, 0.25) is 5.91 Å². The fourth-order valence-electron chi connectivity index (χ4n) is 1.54. The summed E-state index contributed by atoms with van der Waals surface area (Å²) in [6.07, 6.45) is 1.33. The molecule has 98 valence electrons. The first-order valence-corrected chi connectivity index (χ1v) is 6.18. The highest BCUT2D eigenvalue weighted by Crippen LogP contribution is 1.99. The van der Waals surface area contributed by atoms with Crippen molar-refractivity contribution in [3.05, 3.63) is 35.9 Å². The first kappa shape index (κ1) is 14.2. The van der Waals surface area contributed by atoms with Crippen LogP contribution < -0.4 is 5.32 Å². The van der Waals surface area contributed by atoms with Gasteiger partial charge in [-0.1, -0.05) is 30.3 Å². The first-order valence-electron chi connectivity index (χ1n) is 6.18. The van der Waals surface area contributed by atoms with Gasteiger partial charge in [-0.3, -0.25) is 9.59 Å². The lowest BCUT2D eigenvalue weighted by Gasteiger charge is -2.05. The van der Waals surface area contributed by atoms with Crippen LogP contribution in [0.15, 0.2) is 30.3 Å². The van der Waals surface area contributed by atoms with E-state index in [1.807, 2.05) is 30.3 Å². The van der Waals surface area contributed by atoms with Crippen LogP contribution in [0.25, 0.3) is 0 Å². The van der Waals surface area contributed by atoms with E-state index in [-0.39, 0.29) is 11.9 Å². The summed E-state index contributed by atoms with van der Waals surface area (Å²) < 4.78 is 4.79. The zero-order valence-electron chi connectivity index (χ0n) is 10.6. The highest BCUT2D eigenvalue weighted by atomic mass is 16.5. The maximum Gasteiger partial charge on any atom is 0.305 e. The Balaban J connectivity index is 2.12. The Morgan fingerprint density at radius 3 is 2.61 bits per heavy atom. The van der Waals surface area contributed by atoms with Crippen molar-refractivity contribution in [1.82, 2.24) is 5.32 Å². The molecule has 0 spiro atoms. The molecule has 0 saturated carbocycles. The maximum atomic E-state index is 11.6. The highest BCUT2D eigenvalue weighted by molar-refractivity contribution is 5.78. The summed E-state index contributed by atoms with van der Waals surface area (Å²) in [5.41, 5.74) is 0.986. The molecule has 0 aliphatic carbocycles. The summed E-state index contributed by atoms with van der Waals surface area (Å²) in [7, 11) is 0. The van der Waals surface area contributed by atoms with Gasteiger partial charge in [0.05, 0.1) is 13.0 Å². The van der Waals surface area contributed by atoms with Gasteiger partial charge in [-0.15, -0.1) is 0 Å². The summed E-state index contributed by atoms with van der Waals surface area (Å²) >= 11 is 0. The molecule has 0 saturated heterocycles. The van der Waals surface area contributed by atoms with Crippen molar-refractivity contribution in [1.29, 1.82) is 0 Å². The van der Waals surface area contributed by atoms with Crippen molar-refractivity contribution in [2.24, 2.45) is 0 Å². The number of nitrogens with one attached hydrogen (secondary N) is 1. The third-order valence-corrected chi connectivity index (χ3v) is 2.39. The van der Waals surface area contributed by atoms with Crippen LogP contribution in [0.3, 0.4) is 0 Å². The molecule has 0 unspecified atom stereocenters. The lowest BCUT2D eigenvalue weighted by Crippen LogP contribution is -2.26. The van der Waals surface area contributed by atoms with E-state index in [4.69, 9.17) is 4.74 Å². The summed E-state index contributed by atoms with van der Waals surface area (Å²) in [5.74, 6) is -0.236. The van der Waals surface area contributed by atoms with E-state index in [1.54, 1.807) is 6.92 Å². The number of hydrogen-bond acceptors (Lipinski definition) is 3. The number of carbonyl (C=O) groups excluding carboxylic acids is 2. The number of rotatable bonds is 7. The molecular weight excluding hydrogens is 230 g/mol. The second-order valence-corrected chi connectivity index (χ2v) is 3.92. The Bertz CT molecular complexity index is 376. The SMILES string of the molecule is CCOC(=O)CCCNC(=O)Cc1ccccc1. The van der Waals surface area contributed by atoms with E-state index in [0.717, 1.165) is 5.56 Å². The summed E-state index contributed by atoms with van der Waals surface area (Å²) in [4.78, 5) is 22.6. The quantitative estimate of drug-likeness (QED) is 0.591. The molecule has 0 heterocycles. The van der Waals surface area contributed by atoms with Gasteiger partial charge >= 0.3 is 5.97 Å². The number of ether oxygens (including phenoxy) is 1. The predicted molar refractivity (Wildman–Crippen MR) is 69.0 cm³/mol. The molecule has 4 heteroatoms. The minimum absolute atomic E-state index is 0.0231. The molecule has 0 aliphatic rings. The lowest BCUT2D eigenvalue weighted by molar-refractivity contribution is -0.143. The smallest absolute Gasteiger partial charge is 0.305 e. The van der Waals surface area contributed by atoms with Crippen molar-refractivity contribution < 1.29 is 14.3 Å². The van der Waals surface area contributed by atoms with Crippen LogP contribution in [-0.2, 0) is 20.7 Å².